The van der Waals surface area contributed by atoms with Crippen LogP contribution in [-0.2, 0) is 13.1 Å². The third-order valence-electron chi connectivity index (χ3n) is 3.60. The van der Waals surface area contributed by atoms with Gasteiger partial charge in [-0.25, -0.2) is 4.79 Å². The van der Waals surface area contributed by atoms with Crippen molar-refractivity contribution in [2.24, 2.45) is 0 Å². The summed E-state index contributed by atoms with van der Waals surface area (Å²) in [6.45, 7) is 1.90. The van der Waals surface area contributed by atoms with E-state index in [1.807, 2.05) is 0 Å². The van der Waals surface area contributed by atoms with Gasteiger partial charge in [-0.1, -0.05) is 18.2 Å². The van der Waals surface area contributed by atoms with Gasteiger partial charge in [-0.3, -0.25) is 14.2 Å². The quantitative estimate of drug-likeness (QED) is 0.745. The zero-order valence-electron chi connectivity index (χ0n) is 13.5. The van der Waals surface area contributed by atoms with Gasteiger partial charge < -0.3 is 9.73 Å². The normalized spacial score (nSPS) is 10.6. The fourth-order valence-electron chi connectivity index (χ4n) is 2.34. The average molecular weight is 340 g/mol. The molecule has 0 bridgehead atoms. The molecule has 8 nitrogen and oxygen atoms in total. The number of hydrogen-bond donors (Lipinski definition) is 1. The number of carbonyl (C=O) groups is 1. The molecule has 1 aromatic carbocycles. The Bertz CT molecular complexity index is 988. The zero-order valence-corrected chi connectivity index (χ0v) is 13.5. The average Bonchev–Trinajstić information content (AvgIpc) is 3.14. The Balaban J connectivity index is 2.02. The molecular weight excluding hydrogens is 324 g/mol. The third-order valence-corrected chi connectivity index (χ3v) is 3.60. The van der Waals surface area contributed by atoms with Crippen LogP contribution >= 0.6 is 0 Å². The van der Waals surface area contributed by atoms with Crippen LogP contribution in [0.2, 0.25) is 0 Å². The van der Waals surface area contributed by atoms with E-state index in [0.29, 0.717) is 11.4 Å². The number of nitrogens with zero attached hydrogens (tertiary/aromatic N) is 3. The zero-order chi connectivity index (χ0) is 17.8. The molecule has 2 heterocycles. The summed E-state index contributed by atoms with van der Waals surface area (Å²) in [6, 6.07) is 12.0. The van der Waals surface area contributed by atoms with Crippen LogP contribution in [0, 0.1) is 0 Å². The fraction of sp³-hybridized carbons (Fsp3) is 0.176. The molecule has 3 aromatic rings. The Morgan fingerprint density at radius 2 is 1.92 bits per heavy atom. The maximum absolute atomic E-state index is 12.5. The molecule has 3 rings (SSSR count). The van der Waals surface area contributed by atoms with E-state index >= 15 is 0 Å². The number of para-hydroxylation sites is 1. The molecule has 0 saturated carbocycles. The van der Waals surface area contributed by atoms with Crippen LogP contribution in [0.1, 0.15) is 23.2 Å². The minimum absolute atomic E-state index is 0.115. The predicted octanol–water partition coefficient (Wildman–Crippen LogP) is 0.937. The summed E-state index contributed by atoms with van der Waals surface area (Å²) < 4.78 is 7.16. The summed E-state index contributed by atoms with van der Waals surface area (Å²) >= 11 is 0. The second-order valence-electron chi connectivity index (χ2n) is 5.19. The first kappa shape index (κ1) is 16.4. The highest BCUT2D eigenvalue weighted by atomic mass is 16.3. The molecule has 0 aliphatic heterocycles. The molecule has 8 heteroatoms. The van der Waals surface area contributed by atoms with Crippen LogP contribution in [0.4, 0.5) is 0 Å². The van der Waals surface area contributed by atoms with Crippen molar-refractivity contribution in [1.29, 1.82) is 0 Å². The van der Waals surface area contributed by atoms with Crippen molar-refractivity contribution in [2.75, 3.05) is 0 Å². The first-order valence-corrected chi connectivity index (χ1v) is 7.72. The molecule has 0 aliphatic carbocycles. The molecule has 1 amide bonds. The van der Waals surface area contributed by atoms with Crippen molar-refractivity contribution in [1.82, 2.24) is 19.7 Å². The molecule has 0 saturated heterocycles. The predicted molar refractivity (Wildman–Crippen MR) is 89.6 cm³/mol. The Morgan fingerprint density at radius 3 is 2.56 bits per heavy atom. The highest BCUT2D eigenvalue weighted by molar-refractivity contribution is 5.91. The molecule has 2 aromatic heterocycles. The van der Waals surface area contributed by atoms with Crippen molar-refractivity contribution in [3.8, 4) is 5.69 Å². The van der Waals surface area contributed by atoms with E-state index in [9.17, 15) is 14.4 Å². The van der Waals surface area contributed by atoms with Crippen molar-refractivity contribution >= 4 is 5.91 Å². The number of benzene rings is 1. The number of carbonyl (C=O) groups excluding carboxylic acids is 1. The summed E-state index contributed by atoms with van der Waals surface area (Å²) in [7, 11) is 0. The molecule has 0 radical (unpaired) electrons. The summed E-state index contributed by atoms with van der Waals surface area (Å²) in [5, 5.41) is 6.55. The molecular formula is C17H16N4O4. The van der Waals surface area contributed by atoms with E-state index < -0.39 is 17.2 Å². The van der Waals surface area contributed by atoms with Crippen LogP contribution in [0.5, 0.6) is 0 Å². The standard InChI is InChI=1S/C17H16N4O4/c1-2-20-16(23)14(15(22)18-11-13-9-6-10-25-13)19-21(17(20)24)12-7-4-3-5-8-12/h3-10H,2,11H2,1H3,(H,18,22). The lowest BCUT2D eigenvalue weighted by Gasteiger charge is -2.10. The SMILES string of the molecule is CCn1c(=O)c(C(=O)NCc2ccco2)nn(-c2ccccc2)c1=O. The number of rotatable bonds is 5. The van der Waals surface area contributed by atoms with Crippen LogP contribution in [0.15, 0.2) is 62.7 Å². The van der Waals surface area contributed by atoms with Gasteiger partial charge in [0.05, 0.1) is 18.5 Å². The van der Waals surface area contributed by atoms with Crippen molar-refractivity contribution in [3.05, 3.63) is 81.0 Å². The number of furan rings is 1. The van der Waals surface area contributed by atoms with Gasteiger partial charge in [0.15, 0.2) is 0 Å². The van der Waals surface area contributed by atoms with E-state index in [2.05, 4.69) is 10.4 Å². The second-order valence-corrected chi connectivity index (χ2v) is 5.19. The number of amides is 1. The Kier molecular flexibility index (Phi) is 4.60. The van der Waals surface area contributed by atoms with Gasteiger partial charge in [-0.15, -0.1) is 0 Å². The van der Waals surface area contributed by atoms with Gasteiger partial charge in [0, 0.05) is 6.54 Å². The Labute approximate surface area is 142 Å². The highest BCUT2D eigenvalue weighted by Gasteiger charge is 2.19. The van der Waals surface area contributed by atoms with Crippen molar-refractivity contribution in [2.45, 2.75) is 20.0 Å². The number of nitrogens with one attached hydrogen (secondary N) is 1. The van der Waals surface area contributed by atoms with Gasteiger partial charge >= 0.3 is 5.69 Å². The van der Waals surface area contributed by atoms with Crippen LogP contribution in [0.3, 0.4) is 0 Å². The maximum Gasteiger partial charge on any atom is 0.352 e. The maximum atomic E-state index is 12.5. The summed E-state index contributed by atoms with van der Waals surface area (Å²) in [4.78, 5) is 37.2. The summed E-state index contributed by atoms with van der Waals surface area (Å²) in [5.74, 6) is -0.131. The number of hydrogen-bond acceptors (Lipinski definition) is 5. The molecule has 25 heavy (non-hydrogen) atoms. The summed E-state index contributed by atoms with van der Waals surface area (Å²) in [6.07, 6.45) is 1.49. The topological polar surface area (TPSA) is 99.1 Å². The number of aromatic nitrogens is 3. The Morgan fingerprint density at radius 1 is 1.16 bits per heavy atom. The monoisotopic (exact) mass is 340 g/mol. The van der Waals surface area contributed by atoms with Gasteiger partial charge in [0.2, 0.25) is 5.69 Å². The lowest BCUT2D eigenvalue weighted by molar-refractivity contribution is 0.0938. The first-order valence-electron chi connectivity index (χ1n) is 7.72. The van der Waals surface area contributed by atoms with E-state index in [1.54, 1.807) is 49.4 Å². The molecule has 0 fully saturated rings. The third kappa shape index (κ3) is 3.27. The van der Waals surface area contributed by atoms with Crippen LogP contribution < -0.4 is 16.6 Å². The lowest BCUT2D eigenvalue weighted by Crippen LogP contribution is -2.45. The largest absolute Gasteiger partial charge is 0.467 e. The van der Waals surface area contributed by atoms with Crippen molar-refractivity contribution < 1.29 is 9.21 Å². The molecule has 0 aliphatic rings. The molecule has 1 N–H and O–H groups in total. The van der Waals surface area contributed by atoms with E-state index in [-0.39, 0.29) is 18.8 Å². The van der Waals surface area contributed by atoms with Crippen molar-refractivity contribution in [3.63, 3.8) is 0 Å². The molecule has 128 valence electrons. The van der Waals surface area contributed by atoms with Gasteiger partial charge in [0.25, 0.3) is 11.5 Å². The fourth-order valence-corrected chi connectivity index (χ4v) is 2.34. The first-order chi connectivity index (χ1) is 12.1. The lowest BCUT2D eigenvalue weighted by atomic mass is 10.3. The molecule has 0 unspecified atom stereocenters. The van der Waals surface area contributed by atoms with Crippen LogP contribution in [-0.4, -0.2) is 20.3 Å². The highest BCUT2D eigenvalue weighted by Crippen LogP contribution is 2.02. The molecule has 0 spiro atoms. The minimum atomic E-state index is -0.725. The van der Waals surface area contributed by atoms with Gasteiger partial charge in [-0.05, 0) is 31.2 Å². The molecule has 0 atom stereocenters. The Hall–Kier alpha value is -3.42. The van der Waals surface area contributed by atoms with Gasteiger partial charge in [0.1, 0.15) is 5.76 Å². The van der Waals surface area contributed by atoms with Crippen LogP contribution in [0.25, 0.3) is 5.69 Å². The van der Waals surface area contributed by atoms with Gasteiger partial charge in [-0.2, -0.15) is 9.78 Å². The van der Waals surface area contributed by atoms with E-state index in [0.717, 1.165) is 9.25 Å². The summed E-state index contributed by atoms with van der Waals surface area (Å²) in [5.41, 5.74) is -1.20. The second kappa shape index (κ2) is 7.00. The minimum Gasteiger partial charge on any atom is -0.467 e. The smallest absolute Gasteiger partial charge is 0.352 e. The van der Waals surface area contributed by atoms with E-state index in [1.165, 1.54) is 6.26 Å². The van der Waals surface area contributed by atoms with E-state index in [4.69, 9.17) is 4.42 Å².